The molecule has 0 radical (unpaired) electrons. The van der Waals surface area contributed by atoms with E-state index in [1.54, 1.807) is 0 Å². The van der Waals surface area contributed by atoms with Gasteiger partial charge in [-0.3, -0.25) is 0 Å². The van der Waals surface area contributed by atoms with Crippen molar-refractivity contribution in [2.45, 2.75) is 27.2 Å². The summed E-state index contributed by atoms with van der Waals surface area (Å²) in [6.07, 6.45) is 3.02. The Morgan fingerprint density at radius 2 is 2.06 bits per heavy atom. The van der Waals surface area contributed by atoms with Crippen LogP contribution in [0.2, 0.25) is 0 Å². The minimum absolute atomic E-state index is 0.545. The first-order chi connectivity index (χ1) is 7.61. The first-order valence-electron chi connectivity index (χ1n) is 5.90. The number of hydrogen-bond donors (Lipinski definition) is 0. The topological polar surface area (TPSA) is 3.01 Å². The second kappa shape index (κ2) is 5.64. The first kappa shape index (κ1) is 12.7. The Morgan fingerprint density at radius 3 is 2.56 bits per heavy atom. The van der Waals surface area contributed by atoms with Crippen LogP contribution in [0, 0.1) is 12.8 Å². The van der Waals surface area contributed by atoms with E-state index in [0.29, 0.717) is 5.92 Å². The van der Waals surface area contributed by atoms with Crippen LogP contribution in [-0.4, -0.2) is 17.3 Å². The molecule has 0 saturated carbocycles. The molecule has 1 aromatic carbocycles. The lowest BCUT2D eigenvalue weighted by molar-refractivity contribution is -0.423. The van der Waals surface area contributed by atoms with E-state index in [0.717, 1.165) is 6.42 Å². The van der Waals surface area contributed by atoms with Crippen LogP contribution in [0.25, 0.3) is 0 Å². The van der Waals surface area contributed by atoms with Gasteiger partial charge in [-0.15, -0.1) is 0 Å². The van der Waals surface area contributed by atoms with E-state index in [9.17, 15) is 0 Å². The predicted octanol–water partition coefficient (Wildman–Crippen LogP) is 3.62. The van der Waals surface area contributed by atoms with Crippen molar-refractivity contribution in [3.8, 4) is 0 Å². The van der Waals surface area contributed by atoms with Crippen molar-refractivity contribution in [1.82, 2.24) is 0 Å². The molecule has 1 aromatic rings. The molecule has 0 amide bonds. The fraction of sp³-hybridized carbons (Fsp3) is 0.400. The van der Waals surface area contributed by atoms with Gasteiger partial charge in [-0.05, 0) is 31.6 Å². The van der Waals surface area contributed by atoms with Crippen molar-refractivity contribution in [3.63, 3.8) is 0 Å². The normalized spacial score (nSPS) is 14.2. The molecule has 0 spiro atoms. The molecule has 1 atom stereocenters. The van der Waals surface area contributed by atoms with E-state index in [2.05, 4.69) is 63.2 Å². The molecule has 0 saturated heterocycles. The van der Waals surface area contributed by atoms with Gasteiger partial charge in [-0.25, -0.2) is 4.58 Å². The highest BCUT2D eigenvalue weighted by Gasteiger charge is 2.20. The molecule has 0 aliphatic rings. The monoisotopic (exact) mass is 216 g/mol. The lowest BCUT2D eigenvalue weighted by atomic mass is 9.93. The summed E-state index contributed by atoms with van der Waals surface area (Å²) in [5.41, 5.74) is 4.02. The van der Waals surface area contributed by atoms with Gasteiger partial charge < -0.3 is 0 Å². The summed E-state index contributed by atoms with van der Waals surface area (Å²) in [6, 6.07) is 8.54. The molecule has 0 bridgehead atoms. The molecule has 16 heavy (non-hydrogen) atoms. The smallest absolute Gasteiger partial charge is 0.191 e. The van der Waals surface area contributed by atoms with E-state index in [1.165, 1.54) is 16.8 Å². The van der Waals surface area contributed by atoms with Crippen LogP contribution in [0.1, 0.15) is 31.4 Å². The van der Waals surface area contributed by atoms with Gasteiger partial charge >= 0.3 is 0 Å². The van der Waals surface area contributed by atoms with E-state index in [1.807, 2.05) is 6.20 Å². The fourth-order valence-electron chi connectivity index (χ4n) is 1.96. The second-order valence-corrected chi connectivity index (χ2v) is 4.30. The van der Waals surface area contributed by atoms with Crippen molar-refractivity contribution in [2.24, 2.45) is 5.92 Å². The largest absolute Gasteiger partial charge is 0.205 e. The van der Waals surface area contributed by atoms with Crippen LogP contribution in [-0.2, 0) is 0 Å². The highest BCUT2D eigenvalue weighted by atomic mass is 15.0. The number of hydrogen-bond acceptors (Lipinski definition) is 0. The van der Waals surface area contributed by atoms with Crippen LogP contribution in [0.4, 0.5) is 0 Å². The summed E-state index contributed by atoms with van der Waals surface area (Å²) < 4.78 is 2.14. The predicted molar refractivity (Wildman–Crippen MR) is 71.1 cm³/mol. The summed E-state index contributed by atoms with van der Waals surface area (Å²) in [7, 11) is 2.07. The summed E-state index contributed by atoms with van der Waals surface area (Å²) >= 11 is 0. The van der Waals surface area contributed by atoms with Gasteiger partial charge in [0.15, 0.2) is 11.9 Å². The van der Waals surface area contributed by atoms with Crippen LogP contribution < -0.4 is 0 Å². The molecule has 0 aromatic heterocycles. The molecule has 1 heteroatoms. The molecule has 86 valence electrons. The molecule has 1 nitrogen and oxygen atoms in total. The van der Waals surface area contributed by atoms with E-state index >= 15 is 0 Å². The lowest BCUT2D eigenvalue weighted by Gasteiger charge is -2.12. The van der Waals surface area contributed by atoms with Gasteiger partial charge in [0.2, 0.25) is 0 Å². The highest BCUT2D eigenvalue weighted by molar-refractivity contribution is 5.99. The number of rotatable bonds is 4. The Hall–Kier alpha value is -1.37. The van der Waals surface area contributed by atoms with E-state index in [4.69, 9.17) is 0 Å². The van der Waals surface area contributed by atoms with E-state index in [-0.39, 0.29) is 0 Å². The summed E-state index contributed by atoms with van der Waals surface area (Å²) in [5, 5.41) is 0. The minimum Gasteiger partial charge on any atom is -0.205 e. The van der Waals surface area contributed by atoms with Crippen LogP contribution in [0.15, 0.2) is 37.0 Å². The SMILES string of the molecule is C=C/[N+](C)=C(/c1ccccc1C)C(C)CC. The highest BCUT2D eigenvalue weighted by Crippen LogP contribution is 2.16. The maximum absolute atomic E-state index is 3.86. The van der Waals surface area contributed by atoms with Gasteiger partial charge in [0.1, 0.15) is 7.05 Å². The van der Waals surface area contributed by atoms with Gasteiger partial charge in [-0.2, -0.15) is 0 Å². The Balaban J connectivity index is 3.34. The molecule has 0 aliphatic carbocycles. The zero-order chi connectivity index (χ0) is 12.1. The van der Waals surface area contributed by atoms with Crippen LogP contribution in [0.5, 0.6) is 0 Å². The Bertz CT molecular complexity index is 402. The molecule has 0 heterocycles. The van der Waals surface area contributed by atoms with Crippen molar-refractivity contribution < 1.29 is 4.58 Å². The molecular formula is C15H22N+. The number of nitrogens with zero attached hydrogens (tertiary/aromatic N) is 1. The van der Waals surface area contributed by atoms with Crippen LogP contribution in [0.3, 0.4) is 0 Å². The molecule has 0 N–H and O–H groups in total. The first-order valence-corrected chi connectivity index (χ1v) is 5.90. The number of benzene rings is 1. The Kier molecular flexibility index (Phi) is 4.48. The average Bonchev–Trinajstić information content (AvgIpc) is 2.31. The third-order valence-electron chi connectivity index (χ3n) is 3.15. The van der Waals surface area contributed by atoms with Gasteiger partial charge in [0, 0.05) is 11.5 Å². The standard InChI is InChI=1S/C15H22N/c1-6-12(3)15(16(5)7-2)14-11-9-8-10-13(14)4/h7-12H,2,6H2,1,3-5H3/q+1/b16-15+. The zero-order valence-electron chi connectivity index (χ0n) is 10.8. The average molecular weight is 216 g/mol. The summed E-state index contributed by atoms with van der Waals surface area (Å²) in [4.78, 5) is 0. The maximum atomic E-state index is 3.86. The van der Waals surface area contributed by atoms with Crippen molar-refractivity contribution >= 4 is 5.71 Å². The molecular weight excluding hydrogens is 194 g/mol. The maximum Gasteiger partial charge on any atom is 0.191 e. The number of aryl methyl sites for hydroxylation is 1. The van der Waals surface area contributed by atoms with Crippen molar-refractivity contribution in [2.75, 3.05) is 7.05 Å². The quantitative estimate of drug-likeness (QED) is 0.534. The van der Waals surface area contributed by atoms with Gasteiger partial charge in [0.05, 0.1) is 0 Å². The fourth-order valence-corrected chi connectivity index (χ4v) is 1.96. The summed E-state index contributed by atoms with van der Waals surface area (Å²) in [6.45, 7) is 10.5. The summed E-state index contributed by atoms with van der Waals surface area (Å²) in [5.74, 6) is 0.545. The molecule has 0 fully saturated rings. The van der Waals surface area contributed by atoms with Crippen LogP contribution >= 0.6 is 0 Å². The lowest BCUT2D eigenvalue weighted by Crippen LogP contribution is -2.22. The second-order valence-electron chi connectivity index (χ2n) is 4.30. The third kappa shape index (κ3) is 2.60. The van der Waals surface area contributed by atoms with Crippen molar-refractivity contribution in [1.29, 1.82) is 0 Å². The van der Waals surface area contributed by atoms with E-state index < -0.39 is 0 Å². The molecule has 1 unspecified atom stereocenters. The molecule has 1 rings (SSSR count). The van der Waals surface area contributed by atoms with Gasteiger partial charge in [-0.1, -0.05) is 32.0 Å². The Labute approximate surface area is 99.1 Å². The minimum atomic E-state index is 0.545. The van der Waals surface area contributed by atoms with Crippen molar-refractivity contribution in [3.05, 3.63) is 48.2 Å². The van der Waals surface area contributed by atoms with Gasteiger partial charge in [0.25, 0.3) is 0 Å². The zero-order valence-corrected chi connectivity index (χ0v) is 10.8. The molecule has 0 aliphatic heterocycles. The third-order valence-corrected chi connectivity index (χ3v) is 3.15. The Morgan fingerprint density at radius 1 is 1.44 bits per heavy atom.